The number of rotatable bonds is 4. The fraction of sp³-hybridized carbons (Fsp3) is 0.308. The summed E-state index contributed by atoms with van der Waals surface area (Å²) in [5, 5.41) is 0.502. The van der Waals surface area contributed by atoms with Gasteiger partial charge in [-0.3, -0.25) is 13.9 Å². The second-order valence-electron chi connectivity index (χ2n) is 8.52. The van der Waals surface area contributed by atoms with Crippen molar-refractivity contribution in [1.82, 2.24) is 13.7 Å². The van der Waals surface area contributed by atoms with Crippen LogP contribution in [-0.2, 0) is 25.4 Å². The predicted octanol–water partition coefficient (Wildman–Crippen LogP) is 3.15. The predicted molar refractivity (Wildman–Crippen MR) is 130 cm³/mol. The molecule has 0 bridgehead atoms. The zero-order valence-corrected chi connectivity index (χ0v) is 19.9. The second kappa shape index (κ2) is 8.22. The minimum atomic E-state index is -0.558. The number of fused-ring (bicyclic) bond motifs is 3. The monoisotopic (exact) mass is 461 g/mol. The highest BCUT2D eigenvalue weighted by atomic mass is 16.5. The average Bonchev–Trinajstić information content (AvgIpc) is 3.21. The van der Waals surface area contributed by atoms with E-state index in [0.29, 0.717) is 35.6 Å². The van der Waals surface area contributed by atoms with Gasteiger partial charge in [0.05, 0.1) is 43.1 Å². The Morgan fingerprint density at radius 1 is 1.00 bits per heavy atom. The Kier molecular flexibility index (Phi) is 5.32. The number of aromatic nitrogens is 3. The summed E-state index contributed by atoms with van der Waals surface area (Å²) in [4.78, 5) is 26.5. The molecule has 2 aromatic heterocycles. The number of nitrogens with zero attached hydrogens (tertiary/aromatic N) is 3. The van der Waals surface area contributed by atoms with E-state index in [4.69, 9.17) is 14.2 Å². The van der Waals surface area contributed by atoms with Gasteiger partial charge >= 0.3 is 5.69 Å². The summed E-state index contributed by atoms with van der Waals surface area (Å²) >= 11 is 0. The quantitative estimate of drug-likeness (QED) is 0.467. The van der Waals surface area contributed by atoms with E-state index in [9.17, 15) is 9.59 Å². The van der Waals surface area contributed by atoms with Crippen LogP contribution in [0.15, 0.2) is 52.1 Å². The maximum absolute atomic E-state index is 13.5. The fourth-order valence-corrected chi connectivity index (χ4v) is 5.03. The molecule has 0 saturated heterocycles. The van der Waals surface area contributed by atoms with Gasteiger partial charge < -0.3 is 18.8 Å². The molecule has 0 aliphatic carbocycles. The molecule has 4 aromatic rings. The van der Waals surface area contributed by atoms with E-state index in [1.165, 1.54) is 11.6 Å². The van der Waals surface area contributed by atoms with Crippen LogP contribution < -0.4 is 20.7 Å². The molecule has 34 heavy (non-hydrogen) atoms. The van der Waals surface area contributed by atoms with Gasteiger partial charge in [0.1, 0.15) is 6.10 Å². The average molecular weight is 462 g/mol. The van der Waals surface area contributed by atoms with Crippen LogP contribution >= 0.6 is 0 Å². The molecule has 176 valence electrons. The van der Waals surface area contributed by atoms with E-state index in [1.807, 2.05) is 43.3 Å². The number of benzene rings is 2. The van der Waals surface area contributed by atoms with Gasteiger partial charge in [-0.1, -0.05) is 35.9 Å². The molecule has 0 unspecified atom stereocenters. The van der Waals surface area contributed by atoms with E-state index < -0.39 is 6.10 Å². The maximum atomic E-state index is 13.5. The van der Waals surface area contributed by atoms with Gasteiger partial charge in [0.2, 0.25) is 0 Å². The Morgan fingerprint density at radius 2 is 1.76 bits per heavy atom. The van der Waals surface area contributed by atoms with E-state index >= 15 is 0 Å². The number of ether oxygens (including phenoxy) is 3. The van der Waals surface area contributed by atoms with Crippen molar-refractivity contribution in [1.29, 1.82) is 0 Å². The lowest BCUT2D eigenvalue weighted by atomic mass is 10.0. The Labute approximate surface area is 196 Å². The summed E-state index contributed by atoms with van der Waals surface area (Å²) in [5.41, 5.74) is 4.18. The van der Waals surface area contributed by atoms with E-state index in [2.05, 4.69) is 10.6 Å². The molecule has 2 aromatic carbocycles. The first kappa shape index (κ1) is 22.0. The Hall–Kier alpha value is -3.78. The van der Waals surface area contributed by atoms with Crippen LogP contribution in [0, 0.1) is 6.92 Å². The summed E-state index contributed by atoms with van der Waals surface area (Å²) in [7, 11) is 6.38. The molecule has 0 spiro atoms. The minimum absolute atomic E-state index is 0.326. The molecule has 8 heteroatoms. The third-order valence-electron chi connectivity index (χ3n) is 6.56. The molecule has 3 heterocycles. The number of methoxy groups -OCH3 is 2. The molecule has 1 aliphatic rings. The summed E-state index contributed by atoms with van der Waals surface area (Å²) < 4.78 is 22.3. The smallest absolute Gasteiger partial charge is 0.331 e. The SMILES string of the molecule is COc1cccc([C@H]2OCCn3c(-c4cccc(C)c4)c4c(=O)n(C)c(=O)n(C)c4c32)c1OC. The van der Waals surface area contributed by atoms with Crippen molar-refractivity contribution in [3.63, 3.8) is 0 Å². The zero-order chi connectivity index (χ0) is 24.1. The third kappa shape index (κ3) is 3.09. The Bertz CT molecular complexity index is 1540. The van der Waals surface area contributed by atoms with Gasteiger partial charge in [0.15, 0.2) is 11.5 Å². The van der Waals surface area contributed by atoms with Crippen LogP contribution in [0.5, 0.6) is 11.5 Å². The molecular formula is C26H27N3O5. The molecule has 8 nitrogen and oxygen atoms in total. The summed E-state index contributed by atoms with van der Waals surface area (Å²) in [5.74, 6) is 1.14. The largest absolute Gasteiger partial charge is 0.493 e. The Balaban J connectivity index is 1.94. The van der Waals surface area contributed by atoms with Crippen LogP contribution in [0.25, 0.3) is 22.2 Å². The normalized spacial score (nSPS) is 15.4. The first-order chi connectivity index (χ1) is 16.4. The maximum Gasteiger partial charge on any atom is 0.331 e. The first-order valence-corrected chi connectivity index (χ1v) is 11.1. The topological polar surface area (TPSA) is 76.6 Å². The molecule has 1 atom stereocenters. The molecule has 0 fully saturated rings. The number of para-hydroxylation sites is 1. The number of hydrogen-bond acceptors (Lipinski definition) is 5. The van der Waals surface area contributed by atoms with Crippen LogP contribution in [0.3, 0.4) is 0 Å². The highest BCUT2D eigenvalue weighted by Gasteiger charge is 2.35. The number of aryl methyl sites for hydroxylation is 2. The highest BCUT2D eigenvalue weighted by molar-refractivity contribution is 5.96. The lowest BCUT2D eigenvalue weighted by Crippen LogP contribution is -2.37. The third-order valence-corrected chi connectivity index (χ3v) is 6.56. The first-order valence-electron chi connectivity index (χ1n) is 11.1. The lowest BCUT2D eigenvalue weighted by Gasteiger charge is -2.29. The molecular weight excluding hydrogens is 434 g/mol. The van der Waals surface area contributed by atoms with Gasteiger partial charge in [-0.25, -0.2) is 4.79 Å². The van der Waals surface area contributed by atoms with Gasteiger partial charge in [0.25, 0.3) is 5.56 Å². The van der Waals surface area contributed by atoms with Gasteiger partial charge in [-0.2, -0.15) is 0 Å². The highest BCUT2D eigenvalue weighted by Crippen LogP contribution is 2.45. The molecule has 0 amide bonds. The van der Waals surface area contributed by atoms with Crippen molar-refractivity contribution < 1.29 is 14.2 Å². The van der Waals surface area contributed by atoms with E-state index in [0.717, 1.165) is 32.6 Å². The van der Waals surface area contributed by atoms with Crippen molar-refractivity contribution in [2.45, 2.75) is 19.6 Å². The minimum Gasteiger partial charge on any atom is -0.493 e. The summed E-state index contributed by atoms with van der Waals surface area (Å²) in [6, 6.07) is 13.7. The molecule has 0 saturated carbocycles. The van der Waals surface area contributed by atoms with Gasteiger partial charge in [-0.15, -0.1) is 0 Å². The molecule has 0 radical (unpaired) electrons. The van der Waals surface area contributed by atoms with Crippen LogP contribution in [0.4, 0.5) is 0 Å². The lowest BCUT2D eigenvalue weighted by molar-refractivity contribution is 0.0462. The fourth-order valence-electron chi connectivity index (χ4n) is 5.03. The van der Waals surface area contributed by atoms with E-state index in [-0.39, 0.29) is 11.2 Å². The summed E-state index contributed by atoms with van der Waals surface area (Å²) in [6.45, 7) is 3.01. The van der Waals surface area contributed by atoms with Crippen molar-refractivity contribution in [2.24, 2.45) is 14.1 Å². The number of hydrogen-bond donors (Lipinski definition) is 0. The molecule has 0 N–H and O–H groups in total. The van der Waals surface area contributed by atoms with Crippen molar-refractivity contribution >= 4 is 10.9 Å². The van der Waals surface area contributed by atoms with Crippen molar-refractivity contribution in [3.8, 4) is 22.8 Å². The van der Waals surface area contributed by atoms with Crippen molar-refractivity contribution in [2.75, 3.05) is 20.8 Å². The molecule has 1 aliphatic heterocycles. The van der Waals surface area contributed by atoms with Gasteiger partial charge in [-0.05, 0) is 24.6 Å². The van der Waals surface area contributed by atoms with Crippen LogP contribution in [0.1, 0.15) is 22.9 Å². The second-order valence-corrected chi connectivity index (χ2v) is 8.52. The van der Waals surface area contributed by atoms with E-state index in [1.54, 1.807) is 21.3 Å². The molecule has 5 rings (SSSR count). The van der Waals surface area contributed by atoms with Gasteiger partial charge in [0, 0.05) is 26.2 Å². The Morgan fingerprint density at radius 3 is 2.47 bits per heavy atom. The van der Waals surface area contributed by atoms with Crippen LogP contribution in [0.2, 0.25) is 0 Å². The summed E-state index contributed by atoms with van der Waals surface area (Å²) in [6.07, 6.45) is -0.558. The zero-order valence-electron chi connectivity index (χ0n) is 19.9. The van der Waals surface area contributed by atoms with Crippen LogP contribution in [-0.4, -0.2) is 34.5 Å². The van der Waals surface area contributed by atoms with Crippen molar-refractivity contribution in [3.05, 3.63) is 80.1 Å². The standard InChI is InChI=1S/C26H27N3O5/c1-15-8-6-9-16(14-15)20-19-21(27(2)26(31)28(3)25(19)30)22-24(34-13-12-29(20)22)17-10-7-11-18(32-4)23(17)33-5/h6-11,14,24H,12-13H2,1-5H3/t24-/m1/s1.